The highest BCUT2D eigenvalue weighted by atomic mass is 32.2. The van der Waals surface area contributed by atoms with Gasteiger partial charge in [-0.25, -0.2) is 8.42 Å². The quantitative estimate of drug-likeness (QED) is 0.765. The van der Waals surface area contributed by atoms with Crippen molar-refractivity contribution >= 4 is 26.7 Å². The van der Waals surface area contributed by atoms with E-state index in [0.717, 1.165) is 16.5 Å². The lowest BCUT2D eigenvalue weighted by Crippen LogP contribution is -2.52. The molecule has 0 aliphatic carbocycles. The van der Waals surface area contributed by atoms with Crippen LogP contribution >= 0.6 is 0 Å². The van der Waals surface area contributed by atoms with E-state index in [0.29, 0.717) is 38.3 Å². The van der Waals surface area contributed by atoms with Crippen molar-refractivity contribution in [3.05, 3.63) is 30.0 Å². The monoisotopic (exact) mass is 407 g/mol. The molecule has 2 saturated heterocycles. The van der Waals surface area contributed by atoms with Gasteiger partial charge in [0, 0.05) is 54.9 Å². The topological polar surface area (TPSA) is 103 Å². The number of rotatable bonds is 5. The Kier molecular flexibility index (Phi) is 5.07. The third-order valence-electron chi connectivity index (χ3n) is 5.89. The molecule has 0 bridgehead atoms. The van der Waals surface area contributed by atoms with Gasteiger partial charge in [-0.15, -0.1) is 0 Å². The highest BCUT2D eigenvalue weighted by Crippen LogP contribution is 2.32. The standard InChI is InChI=1S/C19H25N3O5S/c1-27-14-2-3-17-15(10-14)16(11-20-17)18(19(23)24)22-7-5-21(6-8-22)13-4-9-28(25,26)12-13/h2-3,10-11,13,18,20H,4-9,12H2,1H3,(H,23,24)/t13-,18-/m1/s1. The number of aliphatic carboxylic acids is 1. The second-order valence-corrected chi connectivity index (χ2v) is 9.75. The van der Waals surface area contributed by atoms with Gasteiger partial charge >= 0.3 is 5.97 Å². The predicted molar refractivity (Wildman–Crippen MR) is 105 cm³/mol. The summed E-state index contributed by atoms with van der Waals surface area (Å²) in [5.74, 6) is 0.273. The molecule has 2 aliphatic heterocycles. The molecule has 0 radical (unpaired) electrons. The number of H-pyrrole nitrogens is 1. The number of hydrogen-bond donors (Lipinski definition) is 2. The van der Waals surface area contributed by atoms with Crippen molar-refractivity contribution in [1.29, 1.82) is 0 Å². The number of aromatic amines is 1. The van der Waals surface area contributed by atoms with Crippen LogP contribution in [-0.2, 0) is 14.6 Å². The van der Waals surface area contributed by atoms with Crippen LogP contribution in [0.15, 0.2) is 24.4 Å². The fourth-order valence-electron chi connectivity index (χ4n) is 4.38. The van der Waals surface area contributed by atoms with Crippen molar-refractivity contribution in [3.8, 4) is 5.75 Å². The van der Waals surface area contributed by atoms with Crippen molar-refractivity contribution in [2.24, 2.45) is 0 Å². The number of nitrogens with one attached hydrogen (secondary N) is 1. The van der Waals surface area contributed by atoms with Crippen LogP contribution in [0.3, 0.4) is 0 Å². The predicted octanol–water partition coefficient (Wildman–Crippen LogP) is 1.11. The van der Waals surface area contributed by atoms with Gasteiger partial charge in [-0.05, 0) is 24.6 Å². The van der Waals surface area contributed by atoms with Crippen LogP contribution in [0.5, 0.6) is 5.75 Å². The van der Waals surface area contributed by atoms with Crippen LogP contribution < -0.4 is 4.74 Å². The Morgan fingerprint density at radius 3 is 2.64 bits per heavy atom. The number of sulfone groups is 1. The van der Waals surface area contributed by atoms with Crippen LogP contribution in [0.25, 0.3) is 10.9 Å². The van der Waals surface area contributed by atoms with Crippen LogP contribution in [0.4, 0.5) is 0 Å². The van der Waals surface area contributed by atoms with E-state index in [4.69, 9.17) is 4.74 Å². The fourth-order valence-corrected chi connectivity index (χ4v) is 6.15. The molecule has 0 saturated carbocycles. The van der Waals surface area contributed by atoms with Crippen LogP contribution in [0.1, 0.15) is 18.0 Å². The Bertz CT molecular complexity index is 979. The molecular formula is C19H25N3O5S. The van der Waals surface area contributed by atoms with Gasteiger partial charge < -0.3 is 14.8 Å². The van der Waals surface area contributed by atoms with E-state index in [1.165, 1.54) is 0 Å². The summed E-state index contributed by atoms with van der Waals surface area (Å²) in [6.45, 7) is 2.53. The number of carboxylic acid groups (broad SMARTS) is 1. The molecule has 2 N–H and O–H groups in total. The Balaban J connectivity index is 1.53. The van der Waals surface area contributed by atoms with E-state index in [2.05, 4.69) is 9.88 Å². The molecule has 1 aromatic carbocycles. The minimum absolute atomic E-state index is 0.0628. The largest absolute Gasteiger partial charge is 0.497 e. The molecule has 0 unspecified atom stereocenters. The van der Waals surface area contributed by atoms with E-state index in [9.17, 15) is 18.3 Å². The van der Waals surface area contributed by atoms with E-state index >= 15 is 0 Å². The van der Waals surface area contributed by atoms with Gasteiger partial charge in [0.2, 0.25) is 0 Å². The molecule has 2 atom stereocenters. The first-order valence-electron chi connectivity index (χ1n) is 9.44. The smallest absolute Gasteiger partial charge is 0.325 e. The number of aromatic nitrogens is 1. The molecule has 8 nitrogen and oxygen atoms in total. The van der Waals surface area contributed by atoms with Crippen molar-refractivity contribution in [2.75, 3.05) is 44.8 Å². The van der Waals surface area contributed by atoms with Gasteiger partial charge in [-0.1, -0.05) is 0 Å². The molecule has 9 heteroatoms. The van der Waals surface area contributed by atoms with Crippen LogP contribution in [0.2, 0.25) is 0 Å². The highest BCUT2D eigenvalue weighted by Gasteiger charge is 2.37. The summed E-state index contributed by atoms with van der Waals surface area (Å²) in [6, 6.07) is 4.89. The second kappa shape index (κ2) is 7.38. The lowest BCUT2D eigenvalue weighted by Gasteiger charge is -2.39. The van der Waals surface area contributed by atoms with Crippen LogP contribution in [-0.4, -0.2) is 85.1 Å². The Morgan fingerprint density at radius 2 is 2.04 bits per heavy atom. The fraction of sp³-hybridized carbons (Fsp3) is 0.526. The van der Waals surface area contributed by atoms with Gasteiger partial charge in [0.15, 0.2) is 9.84 Å². The summed E-state index contributed by atoms with van der Waals surface area (Å²) in [6.07, 6.45) is 2.44. The maximum Gasteiger partial charge on any atom is 0.325 e. The average Bonchev–Trinajstić information content (AvgIpc) is 3.25. The Hall–Kier alpha value is -2.10. The summed E-state index contributed by atoms with van der Waals surface area (Å²) in [4.78, 5) is 19.4. The minimum Gasteiger partial charge on any atom is -0.497 e. The number of hydrogen-bond acceptors (Lipinski definition) is 6. The Labute approximate surface area is 164 Å². The maximum absolute atomic E-state index is 12.1. The zero-order valence-corrected chi connectivity index (χ0v) is 16.6. The second-order valence-electron chi connectivity index (χ2n) is 7.53. The van der Waals surface area contributed by atoms with Gasteiger partial charge in [-0.2, -0.15) is 0 Å². The average molecular weight is 407 g/mol. The third-order valence-corrected chi connectivity index (χ3v) is 7.64. The zero-order valence-electron chi connectivity index (χ0n) is 15.8. The van der Waals surface area contributed by atoms with E-state index < -0.39 is 21.8 Å². The summed E-state index contributed by atoms with van der Waals surface area (Å²) >= 11 is 0. The van der Waals surface area contributed by atoms with Crippen molar-refractivity contribution < 1.29 is 23.1 Å². The van der Waals surface area contributed by atoms with Gasteiger partial charge in [0.05, 0.1) is 18.6 Å². The molecule has 0 spiro atoms. The minimum atomic E-state index is -2.92. The van der Waals surface area contributed by atoms with Gasteiger partial charge in [0.25, 0.3) is 0 Å². The molecule has 1 aromatic heterocycles. The van der Waals surface area contributed by atoms with E-state index in [-0.39, 0.29) is 17.5 Å². The summed E-state index contributed by atoms with van der Waals surface area (Å²) < 4.78 is 28.8. The summed E-state index contributed by atoms with van der Waals surface area (Å²) in [5, 5.41) is 10.8. The molecule has 2 aliphatic rings. The first-order valence-corrected chi connectivity index (χ1v) is 11.3. The van der Waals surface area contributed by atoms with Gasteiger partial charge in [0.1, 0.15) is 11.8 Å². The summed E-state index contributed by atoms with van der Waals surface area (Å²) in [7, 11) is -1.33. The SMILES string of the molecule is COc1ccc2[nH]cc([C@H](C(=O)O)N3CCN([C@@H]4CCS(=O)(=O)C4)CC3)c2c1. The third kappa shape index (κ3) is 3.61. The number of ether oxygens (including phenoxy) is 1. The number of carboxylic acids is 1. The lowest BCUT2D eigenvalue weighted by molar-refractivity contribution is -0.144. The van der Waals surface area contributed by atoms with Gasteiger partial charge in [-0.3, -0.25) is 14.6 Å². The highest BCUT2D eigenvalue weighted by molar-refractivity contribution is 7.91. The number of methoxy groups -OCH3 is 1. The van der Waals surface area contributed by atoms with E-state index in [1.807, 2.05) is 23.1 Å². The molecule has 4 rings (SSSR count). The normalized spacial score (nSPS) is 24.4. The molecule has 2 aromatic rings. The first-order chi connectivity index (χ1) is 13.4. The molecule has 152 valence electrons. The first kappa shape index (κ1) is 19.2. The number of nitrogens with zero attached hydrogens (tertiary/aromatic N) is 2. The molecule has 0 amide bonds. The van der Waals surface area contributed by atoms with Crippen LogP contribution in [0, 0.1) is 0 Å². The van der Waals surface area contributed by atoms with Crippen molar-refractivity contribution in [2.45, 2.75) is 18.5 Å². The maximum atomic E-state index is 12.1. The van der Waals surface area contributed by atoms with Crippen molar-refractivity contribution in [1.82, 2.24) is 14.8 Å². The Morgan fingerprint density at radius 1 is 1.29 bits per heavy atom. The zero-order chi connectivity index (χ0) is 19.9. The van der Waals surface area contributed by atoms with Crippen molar-refractivity contribution in [3.63, 3.8) is 0 Å². The van der Waals surface area contributed by atoms with E-state index in [1.54, 1.807) is 13.3 Å². The molecule has 28 heavy (non-hydrogen) atoms. The number of fused-ring (bicyclic) bond motifs is 1. The molecule has 3 heterocycles. The lowest BCUT2D eigenvalue weighted by atomic mass is 10.0. The molecular weight excluding hydrogens is 382 g/mol. The number of carbonyl (C=O) groups is 1. The summed E-state index contributed by atoms with van der Waals surface area (Å²) in [5.41, 5.74) is 1.59. The number of benzene rings is 1. The number of piperazine rings is 1. The molecule has 2 fully saturated rings.